The van der Waals surface area contributed by atoms with E-state index in [1.54, 1.807) is 34.1 Å². The molecule has 2 aliphatic rings. The summed E-state index contributed by atoms with van der Waals surface area (Å²) in [5, 5.41) is 13.4. The molecule has 0 saturated carbocycles. The van der Waals surface area contributed by atoms with Crippen LogP contribution < -0.4 is 0 Å². The van der Waals surface area contributed by atoms with E-state index in [0.29, 0.717) is 30.0 Å². The summed E-state index contributed by atoms with van der Waals surface area (Å²) >= 11 is 0. The zero-order valence-electron chi connectivity index (χ0n) is 17.5. The lowest BCUT2D eigenvalue weighted by Gasteiger charge is -2.14. The number of hydrogen-bond donors (Lipinski definition) is 0. The molecule has 1 unspecified atom stereocenters. The Morgan fingerprint density at radius 3 is 2.88 bits per heavy atom. The summed E-state index contributed by atoms with van der Waals surface area (Å²) in [6.45, 7) is 4.75. The fraction of sp³-hybridized carbons (Fsp3) is 0.261. The molecule has 1 amide bonds. The Balaban J connectivity index is 1.32. The standard InChI is InChI=1S/C23H19N5O4/c1-13-5-21(25-8-16(13)6-24)28-10-15(7-26-28)9-27-11-20(32-23(27)30)17-3-4-18-19(14(17)2)12-31-22(18)29/h3-5,7-8,10,20H,9,11-12H2,1-2H3. The van der Waals surface area contributed by atoms with Gasteiger partial charge >= 0.3 is 12.1 Å². The highest BCUT2D eigenvalue weighted by Crippen LogP contribution is 2.34. The number of benzene rings is 1. The fourth-order valence-electron chi connectivity index (χ4n) is 4.09. The lowest BCUT2D eigenvalue weighted by atomic mass is 9.95. The monoisotopic (exact) mass is 429 g/mol. The second-order valence-corrected chi connectivity index (χ2v) is 7.90. The molecule has 1 aromatic carbocycles. The van der Waals surface area contributed by atoms with Crippen LogP contribution in [0.25, 0.3) is 5.82 Å². The van der Waals surface area contributed by atoms with Crippen LogP contribution in [-0.2, 0) is 22.6 Å². The first kappa shape index (κ1) is 19.8. The van der Waals surface area contributed by atoms with E-state index in [4.69, 9.17) is 14.7 Å². The number of fused-ring (bicyclic) bond motifs is 1. The summed E-state index contributed by atoms with van der Waals surface area (Å²) in [4.78, 5) is 30.2. The molecular formula is C23H19N5O4. The number of carbonyl (C=O) groups is 2. The molecule has 9 nitrogen and oxygen atoms in total. The normalized spacial score (nSPS) is 17.2. The average Bonchev–Trinajstić information content (AvgIpc) is 3.49. The molecule has 5 rings (SSSR count). The number of aryl methyl sites for hydroxylation is 1. The number of nitrogens with zero attached hydrogens (tertiary/aromatic N) is 5. The van der Waals surface area contributed by atoms with Crippen molar-refractivity contribution in [2.75, 3.05) is 6.54 Å². The van der Waals surface area contributed by atoms with Gasteiger partial charge in [-0.15, -0.1) is 0 Å². The number of amides is 1. The van der Waals surface area contributed by atoms with Crippen molar-refractivity contribution in [2.24, 2.45) is 0 Å². The molecule has 3 aromatic rings. The van der Waals surface area contributed by atoms with E-state index >= 15 is 0 Å². The van der Waals surface area contributed by atoms with Crippen molar-refractivity contribution < 1.29 is 19.1 Å². The number of rotatable bonds is 4. The number of hydrogen-bond acceptors (Lipinski definition) is 7. The summed E-state index contributed by atoms with van der Waals surface area (Å²) in [5.74, 6) is 0.281. The van der Waals surface area contributed by atoms with Gasteiger partial charge in [-0.3, -0.25) is 4.90 Å². The Hall–Kier alpha value is -4.19. The Morgan fingerprint density at radius 2 is 2.09 bits per heavy atom. The van der Waals surface area contributed by atoms with Gasteiger partial charge in [-0.2, -0.15) is 10.4 Å². The summed E-state index contributed by atoms with van der Waals surface area (Å²) in [7, 11) is 0. The summed E-state index contributed by atoms with van der Waals surface area (Å²) in [5.41, 5.74) is 5.40. The van der Waals surface area contributed by atoms with Crippen LogP contribution in [0.15, 0.2) is 36.8 Å². The van der Waals surface area contributed by atoms with Crippen LogP contribution >= 0.6 is 0 Å². The zero-order valence-corrected chi connectivity index (χ0v) is 17.5. The van der Waals surface area contributed by atoms with E-state index in [9.17, 15) is 9.59 Å². The van der Waals surface area contributed by atoms with Crippen LogP contribution in [0.2, 0.25) is 0 Å². The Kier molecular flexibility index (Phi) is 4.63. The highest BCUT2D eigenvalue weighted by atomic mass is 16.6. The number of cyclic esters (lactones) is 2. The van der Waals surface area contributed by atoms with Gasteiger partial charge in [-0.25, -0.2) is 19.3 Å². The predicted molar refractivity (Wildman–Crippen MR) is 111 cm³/mol. The van der Waals surface area contributed by atoms with E-state index in [2.05, 4.69) is 16.2 Å². The van der Waals surface area contributed by atoms with Gasteiger partial charge in [0, 0.05) is 23.5 Å². The van der Waals surface area contributed by atoms with Crippen LogP contribution in [0.4, 0.5) is 4.79 Å². The minimum Gasteiger partial charge on any atom is -0.457 e. The SMILES string of the molecule is Cc1cc(-n2cc(CN3CC(c4ccc5c(c4C)COC5=O)OC3=O)cn2)ncc1C#N. The number of aromatic nitrogens is 3. The number of ether oxygens (including phenoxy) is 2. The average molecular weight is 429 g/mol. The number of carbonyl (C=O) groups excluding carboxylic acids is 2. The third-order valence-corrected chi connectivity index (χ3v) is 5.90. The molecule has 1 saturated heterocycles. The second-order valence-electron chi connectivity index (χ2n) is 7.90. The van der Waals surface area contributed by atoms with Gasteiger partial charge in [-0.1, -0.05) is 6.07 Å². The van der Waals surface area contributed by atoms with Gasteiger partial charge in [0.1, 0.15) is 18.8 Å². The molecule has 2 aromatic heterocycles. The topological polar surface area (TPSA) is 110 Å². The summed E-state index contributed by atoms with van der Waals surface area (Å²) < 4.78 is 12.4. The van der Waals surface area contributed by atoms with Crippen molar-refractivity contribution in [3.05, 3.63) is 75.7 Å². The minimum atomic E-state index is -0.415. The second kappa shape index (κ2) is 7.50. The first-order valence-corrected chi connectivity index (χ1v) is 10.1. The Labute approximate surface area is 183 Å². The van der Waals surface area contributed by atoms with E-state index in [1.807, 2.05) is 19.9 Å². The molecule has 0 aliphatic carbocycles. The minimum absolute atomic E-state index is 0.250. The van der Waals surface area contributed by atoms with Crippen LogP contribution in [0.3, 0.4) is 0 Å². The van der Waals surface area contributed by atoms with Crippen molar-refractivity contribution in [3.8, 4) is 11.9 Å². The quantitative estimate of drug-likeness (QED) is 0.586. The van der Waals surface area contributed by atoms with E-state index in [0.717, 1.165) is 27.8 Å². The van der Waals surface area contributed by atoms with Gasteiger partial charge in [0.25, 0.3) is 0 Å². The number of nitriles is 1. The van der Waals surface area contributed by atoms with Gasteiger partial charge in [-0.05, 0) is 42.7 Å². The molecule has 0 spiro atoms. The van der Waals surface area contributed by atoms with E-state index in [-0.39, 0.29) is 12.6 Å². The molecule has 160 valence electrons. The van der Waals surface area contributed by atoms with Crippen molar-refractivity contribution in [2.45, 2.75) is 33.1 Å². The molecule has 0 radical (unpaired) electrons. The number of esters is 1. The van der Waals surface area contributed by atoms with Crippen LogP contribution in [0.5, 0.6) is 0 Å². The molecule has 1 atom stereocenters. The Morgan fingerprint density at radius 1 is 1.25 bits per heavy atom. The molecule has 0 bridgehead atoms. The first-order chi connectivity index (χ1) is 15.4. The maximum absolute atomic E-state index is 12.5. The molecule has 4 heterocycles. The smallest absolute Gasteiger partial charge is 0.410 e. The maximum Gasteiger partial charge on any atom is 0.410 e. The molecule has 1 fully saturated rings. The van der Waals surface area contributed by atoms with Crippen molar-refractivity contribution >= 4 is 12.1 Å². The van der Waals surface area contributed by atoms with Gasteiger partial charge in [0.05, 0.1) is 30.4 Å². The van der Waals surface area contributed by atoms with Crippen molar-refractivity contribution in [3.63, 3.8) is 0 Å². The number of pyridine rings is 1. The maximum atomic E-state index is 12.5. The molecule has 0 N–H and O–H groups in total. The lowest BCUT2D eigenvalue weighted by Crippen LogP contribution is -2.23. The van der Waals surface area contributed by atoms with Gasteiger partial charge in [0.15, 0.2) is 5.82 Å². The highest BCUT2D eigenvalue weighted by Gasteiger charge is 2.35. The first-order valence-electron chi connectivity index (χ1n) is 10.1. The third-order valence-electron chi connectivity index (χ3n) is 5.90. The summed E-state index contributed by atoms with van der Waals surface area (Å²) in [6, 6.07) is 7.46. The van der Waals surface area contributed by atoms with Crippen molar-refractivity contribution in [1.82, 2.24) is 19.7 Å². The van der Waals surface area contributed by atoms with Gasteiger partial charge < -0.3 is 9.47 Å². The Bertz CT molecular complexity index is 1310. The fourth-order valence-corrected chi connectivity index (χ4v) is 4.09. The van der Waals surface area contributed by atoms with E-state index in [1.165, 1.54) is 6.20 Å². The van der Waals surface area contributed by atoms with Crippen molar-refractivity contribution in [1.29, 1.82) is 5.26 Å². The largest absolute Gasteiger partial charge is 0.457 e. The van der Waals surface area contributed by atoms with Gasteiger partial charge in [0.2, 0.25) is 0 Å². The molecular weight excluding hydrogens is 410 g/mol. The predicted octanol–water partition coefficient (Wildman–Crippen LogP) is 3.12. The lowest BCUT2D eigenvalue weighted by molar-refractivity contribution is 0.0535. The molecule has 2 aliphatic heterocycles. The van der Waals surface area contributed by atoms with Crippen LogP contribution in [0.1, 0.15) is 49.8 Å². The third kappa shape index (κ3) is 3.26. The van der Waals surface area contributed by atoms with Crippen LogP contribution in [-0.4, -0.2) is 38.3 Å². The molecule has 32 heavy (non-hydrogen) atoms. The summed E-state index contributed by atoms with van der Waals surface area (Å²) in [6.07, 6.45) is 4.19. The molecule has 9 heteroatoms. The highest BCUT2D eigenvalue weighted by molar-refractivity contribution is 5.94. The van der Waals surface area contributed by atoms with E-state index < -0.39 is 12.2 Å². The van der Waals surface area contributed by atoms with Crippen LogP contribution in [0, 0.1) is 25.2 Å². The zero-order chi connectivity index (χ0) is 22.4.